The fraction of sp³-hybridized carbons (Fsp3) is 0.440. The van der Waals surface area contributed by atoms with Gasteiger partial charge in [0.1, 0.15) is 0 Å². The van der Waals surface area contributed by atoms with Gasteiger partial charge in [-0.2, -0.15) is 0 Å². The number of carboxylic acids is 2. The van der Waals surface area contributed by atoms with Crippen LogP contribution in [-0.2, 0) is 22.4 Å². The van der Waals surface area contributed by atoms with E-state index in [2.05, 4.69) is 42.5 Å². The number of thioether (sulfide) groups is 2. The highest BCUT2D eigenvalue weighted by Crippen LogP contribution is 2.41. The van der Waals surface area contributed by atoms with E-state index in [9.17, 15) is 9.59 Å². The summed E-state index contributed by atoms with van der Waals surface area (Å²) in [6.07, 6.45) is 7.07. The number of benzene rings is 2. The van der Waals surface area contributed by atoms with Crippen LogP contribution in [0.25, 0.3) is 0 Å². The van der Waals surface area contributed by atoms with Crippen molar-refractivity contribution in [1.29, 1.82) is 0 Å². The standard InChI is InChI=1S/C25H32O4S2/c26-23(27)16-18-30-25(31-19-17-24(28)29)22-15-9-8-14-21(22)13-7-2-1-4-10-20-11-5-3-6-12-20/h3,5-6,8-9,11-12,14-15,25H,1-2,4,7,10,13,16-19H2,(H,26,27)(H,28,29). The largest absolute Gasteiger partial charge is 0.481 e. The minimum absolute atomic E-state index is 0.0629. The Kier molecular flexibility index (Phi) is 12.2. The zero-order valence-electron chi connectivity index (χ0n) is 17.9. The number of aryl methyl sites for hydroxylation is 2. The minimum Gasteiger partial charge on any atom is -0.481 e. The van der Waals surface area contributed by atoms with Crippen LogP contribution in [0, 0.1) is 0 Å². The molecule has 0 aliphatic rings. The molecule has 0 heterocycles. The molecule has 4 nitrogen and oxygen atoms in total. The van der Waals surface area contributed by atoms with E-state index in [1.807, 2.05) is 12.1 Å². The summed E-state index contributed by atoms with van der Waals surface area (Å²) in [6.45, 7) is 0. The SMILES string of the molecule is O=C(O)CCSC(SCCC(=O)O)c1ccccc1CCCCCCc1ccccc1. The topological polar surface area (TPSA) is 74.6 Å². The second kappa shape index (κ2) is 15.0. The van der Waals surface area contributed by atoms with Gasteiger partial charge in [0.15, 0.2) is 0 Å². The molecule has 0 amide bonds. The molecule has 0 spiro atoms. The molecular formula is C25H32O4S2. The van der Waals surface area contributed by atoms with Crippen molar-refractivity contribution in [2.75, 3.05) is 11.5 Å². The van der Waals surface area contributed by atoms with Crippen molar-refractivity contribution in [2.24, 2.45) is 0 Å². The highest BCUT2D eigenvalue weighted by atomic mass is 32.2. The smallest absolute Gasteiger partial charge is 0.304 e. The van der Waals surface area contributed by atoms with E-state index in [0.29, 0.717) is 11.5 Å². The first-order chi connectivity index (χ1) is 15.1. The van der Waals surface area contributed by atoms with Crippen LogP contribution < -0.4 is 0 Å². The zero-order valence-corrected chi connectivity index (χ0v) is 19.5. The molecule has 0 fully saturated rings. The van der Waals surface area contributed by atoms with Gasteiger partial charge in [-0.05, 0) is 42.4 Å². The number of hydrogen-bond donors (Lipinski definition) is 2. The highest BCUT2D eigenvalue weighted by molar-refractivity contribution is 8.16. The second-order valence-corrected chi connectivity index (χ2v) is 10.2. The van der Waals surface area contributed by atoms with E-state index < -0.39 is 11.9 Å². The predicted molar refractivity (Wildman–Crippen MR) is 131 cm³/mol. The van der Waals surface area contributed by atoms with Crippen molar-refractivity contribution in [2.45, 2.75) is 55.9 Å². The molecule has 0 bridgehead atoms. The molecule has 0 aliphatic heterocycles. The summed E-state index contributed by atoms with van der Waals surface area (Å²) in [5, 5.41) is 17.9. The van der Waals surface area contributed by atoms with E-state index in [1.54, 1.807) is 23.5 Å². The summed E-state index contributed by atoms with van der Waals surface area (Å²) in [6, 6.07) is 18.9. The second-order valence-electron chi connectivity index (χ2n) is 7.46. The molecular weight excluding hydrogens is 428 g/mol. The number of hydrogen-bond acceptors (Lipinski definition) is 4. The maximum atomic E-state index is 10.9. The lowest BCUT2D eigenvalue weighted by atomic mass is 10.0. The van der Waals surface area contributed by atoms with Crippen molar-refractivity contribution in [3.63, 3.8) is 0 Å². The molecule has 0 saturated carbocycles. The van der Waals surface area contributed by atoms with Crippen LogP contribution in [0.4, 0.5) is 0 Å². The van der Waals surface area contributed by atoms with Crippen LogP contribution in [-0.4, -0.2) is 33.7 Å². The Hall–Kier alpha value is -1.92. The number of rotatable bonds is 16. The quantitative estimate of drug-likeness (QED) is 0.222. The highest BCUT2D eigenvalue weighted by Gasteiger charge is 2.17. The summed E-state index contributed by atoms with van der Waals surface area (Å²) in [5.74, 6) is -0.557. The lowest BCUT2D eigenvalue weighted by Gasteiger charge is -2.20. The molecule has 31 heavy (non-hydrogen) atoms. The van der Waals surface area contributed by atoms with E-state index in [1.165, 1.54) is 36.0 Å². The average Bonchev–Trinajstić information content (AvgIpc) is 2.76. The van der Waals surface area contributed by atoms with Crippen molar-refractivity contribution < 1.29 is 19.8 Å². The monoisotopic (exact) mass is 460 g/mol. The Balaban J connectivity index is 1.86. The van der Waals surface area contributed by atoms with Gasteiger partial charge in [-0.3, -0.25) is 9.59 Å². The van der Waals surface area contributed by atoms with E-state index in [-0.39, 0.29) is 17.4 Å². The van der Waals surface area contributed by atoms with Crippen molar-refractivity contribution >= 4 is 35.5 Å². The van der Waals surface area contributed by atoms with Gasteiger partial charge in [0, 0.05) is 11.5 Å². The molecule has 0 aliphatic carbocycles. The normalized spacial score (nSPS) is 11.0. The zero-order chi connectivity index (χ0) is 22.3. The summed E-state index contributed by atoms with van der Waals surface area (Å²) < 4.78 is 0.0629. The van der Waals surface area contributed by atoms with E-state index in [4.69, 9.17) is 10.2 Å². The summed E-state index contributed by atoms with van der Waals surface area (Å²) >= 11 is 3.21. The van der Waals surface area contributed by atoms with Crippen LogP contribution in [0.3, 0.4) is 0 Å². The first-order valence-electron chi connectivity index (χ1n) is 10.8. The molecule has 0 atom stereocenters. The van der Waals surface area contributed by atoms with Gasteiger partial charge in [0.2, 0.25) is 0 Å². The Morgan fingerprint density at radius 2 is 1.26 bits per heavy atom. The Bertz CT molecular complexity index is 775. The van der Waals surface area contributed by atoms with Gasteiger partial charge in [0.25, 0.3) is 0 Å². The Morgan fingerprint density at radius 3 is 1.87 bits per heavy atom. The van der Waals surface area contributed by atoms with Crippen molar-refractivity contribution in [3.05, 3.63) is 71.3 Å². The van der Waals surface area contributed by atoms with Crippen molar-refractivity contribution in [1.82, 2.24) is 0 Å². The van der Waals surface area contributed by atoms with Crippen LogP contribution in [0.1, 0.15) is 59.8 Å². The molecule has 0 unspecified atom stereocenters. The van der Waals surface area contributed by atoms with Crippen LogP contribution in [0.5, 0.6) is 0 Å². The maximum absolute atomic E-state index is 10.9. The number of carbonyl (C=O) groups is 2. The summed E-state index contributed by atoms with van der Waals surface area (Å²) in [7, 11) is 0. The number of aliphatic carboxylic acids is 2. The fourth-order valence-corrected chi connectivity index (χ4v) is 6.16. The van der Waals surface area contributed by atoms with E-state index in [0.717, 1.165) is 19.3 Å². The van der Waals surface area contributed by atoms with Gasteiger partial charge in [-0.1, -0.05) is 67.4 Å². The van der Waals surface area contributed by atoms with Gasteiger partial charge >= 0.3 is 11.9 Å². The minimum atomic E-state index is -0.800. The molecule has 0 aromatic heterocycles. The first-order valence-corrected chi connectivity index (χ1v) is 12.9. The van der Waals surface area contributed by atoms with Crippen LogP contribution in [0.2, 0.25) is 0 Å². The van der Waals surface area contributed by atoms with Crippen molar-refractivity contribution in [3.8, 4) is 0 Å². The van der Waals surface area contributed by atoms with Gasteiger partial charge in [0.05, 0.1) is 17.4 Å². The first kappa shape index (κ1) is 25.3. The summed E-state index contributed by atoms with van der Waals surface area (Å²) in [5.41, 5.74) is 3.89. The van der Waals surface area contributed by atoms with Crippen LogP contribution in [0.15, 0.2) is 54.6 Å². The molecule has 0 saturated heterocycles. The maximum Gasteiger partial charge on any atom is 0.304 e. The van der Waals surface area contributed by atoms with E-state index >= 15 is 0 Å². The van der Waals surface area contributed by atoms with Crippen LogP contribution >= 0.6 is 23.5 Å². The molecule has 168 valence electrons. The van der Waals surface area contributed by atoms with Gasteiger partial charge in [-0.25, -0.2) is 0 Å². The number of unbranched alkanes of at least 4 members (excludes halogenated alkanes) is 3. The molecule has 2 aromatic carbocycles. The van der Waals surface area contributed by atoms with Gasteiger partial charge < -0.3 is 10.2 Å². The third kappa shape index (κ3) is 10.8. The molecule has 2 rings (SSSR count). The molecule has 0 radical (unpaired) electrons. The van der Waals surface area contributed by atoms with Gasteiger partial charge in [-0.15, -0.1) is 23.5 Å². The molecule has 2 N–H and O–H groups in total. The fourth-order valence-electron chi connectivity index (χ4n) is 3.37. The molecule has 2 aromatic rings. The third-order valence-corrected chi connectivity index (χ3v) is 7.79. The Morgan fingerprint density at radius 1 is 0.710 bits per heavy atom. The average molecular weight is 461 g/mol. The predicted octanol–water partition coefficient (Wildman–Crippen LogP) is 6.45. The lowest BCUT2D eigenvalue weighted by molar-refractivity contribution is -0.137. The summed E-state index contributed by atoms with van der Waals surface area (Å²) in [4.78, 5) is 21.8. The number of carboxylic acid groups (broad SMARTS) is 2. The molecule has 6 heteroatoms. The lowest BCUT2D eigenvalue weighted by Crippen LogP contribution is -2.03. The third-order valence-electron chi connectivity index (χ3n) is 4.98. The Labute approximate surface area is 193 Å².